The second-order valence-corrected chi connectivity index (χ2v) is 9.62. The Balaban J connectivity index is 0.000000193. The van der Waals surface area contributed by atoms with Gasteiger partial charge in [0.15, 0.2) is 0 Å². The molecule has 192 valence electrons. The number of ether oxygens (including phenoxy) is 1. The van der Waals surface area contributed by atoms with Crippen molar-refractivity contribution in [1.82, 2.24) is 21.3 Å². The Morgan fingerprint density at radius 2 is 0.469 bits per heavy atom. The molecule has 5 heteroatoms. The molecule has 0 unspecified atom stereocenters. The molecule has 2 aliphatic carbocycles. The van der Waals surface area contributed by atoms with Crippen LogP contribution in [0.25, 0.3) is 0 Å². The highest BCUT2D eigenvalue weighted by atomic mass is 16.5. The van der Waals surface area contributed by atoms with Crippen molar-refractivity contribution < 1.29 is 4.74 Å². The normalized spacial score (nSPS) is 24.0. The summed E-state index contributed by atoms with van der Waals surface area (Å²) in [5.41, 5.74) is 0. The van der Waals surface area contributed by atoms with Crippen LogP contribution in [0, 0.1) is 0 Å². The first-order valence-electron chi connectivity index (χ1n) is 14.4. The average Bonchev–Trinajstić information content (AvgIpc) is 3.62. The number of nitrogens with one attached hydrogen (secondary N) is 4. The van der Waals surface area contributed by atoms with Crippen molar-refractivity contribution in [3.63, 3.8) is 0 Å². The molecule has 0 atom stereocenters. The summed E-state index contributed by atoms with van der Waals surface area (Å²) in [6.07, 6.45) is 24.9. The third-order valence-corrected chi connectivity index (χ3v) is 6.47. The van der Waals surface area contributed by atoms with Gasteiger partial charge >= 0.3 is 0 Å². The molecule has 6 rings (SSSR count). The second kappa shape index (κ2) is 27.0. The Morgan fingerprint density at radius 3 is 0.594 bits per heavy atom. The van der Waals surface area contributed by atoms with E-state index in [-0.39, 0.29) is 0 Å². The summed E-state index contributed by atoms with van der Waals surface area (Å²) in [5, 5.41) is 12.8. The van der Waals surface area contributed by atoms with Gasteiger partial charge in [-0.1, -0.05) is 77.0 Å². The maximum Gasteiger partial charge on any atom is 0.0591 e. The summed E-state index contributed by atoms with van der Waals surface area (Å²) >= 11 is 0. The lowest BCUT2D eigenvalue weighted by Crippen LogP contribution is -2.30. The molecule has 0 aromatic rings. The van der Waals surface area contributed by atoms with Crippen LogP contribution in [0.2, 0.25) is 0 Å². The molecule has 6 fully saturated rings. The summed E-state index contributed by atoms with van der Waals surface area (Å²) in [6.45, 7) is 11.3. The van der Waals surface area contributed by atoms with Crippen molar-refractivity contribution in [3.05, 3.63) is 0 Å². The van der Waals surface area contributed by atoms with Crippen LogP contribution < -0.4 is 21.3 Å². The SMILES string of the molecule is C1CCCC1.C1CCCCC1.C1CCNC1.C1CCNCC1.C1CNC1.C1COCCN1. The predicted molar refractivity (Wildman–Crippen MR) is 141 cm³/mol. The van der Waals surface area contributed by atoms with Crippen LogP contribution in [0.15, 0.2) is 0 Å². The van der Waals surface area contributed by atoms with Crippen molar-refractivity contribution in [2.24, 2.45) is 0 Å². The summed E-state index contributed by atoms with van der Waals surface area (Å²) in [6, 6.07) is 0. The molecule has 0 spiro atoms. The van der Waals surface area contributed by atoms with Crippen LogP contribution in [0.3, 0.4) is 0 Å². The van der Waals surface area contributed by atoms with Crippen molar-refractivity contribution in [2.45, 2.75) is 109 Å². The molecule has 6 aliphatic rings. The number of hydrogen-bond acceptors (Lipinski definition) is 5. The van der Waals surface area contributed by atoms with Gasteiger partial charge in [0.25, 0.3) is 0 Å². The van der Waals surface area contributed by atoms with Crippen LogP contribution in [-0.4, -0.2) is 65.6 Å². The average molecular weight is 455 g/mol. The van der Waals surface area contributed by atoms with Gasteiger partial charge in [0.2, 0.25) is 0 Å². The summed E-state index contributed by atoms with van der Waals surface area (Å²) < 4.78 is 5.01. The fourth-order valence-corrected chi connectivity index (χ4v) is 4.06. The quantitative estimate of drug-likeness (QED) is 0.415. The monoisotopic (exact) mass is 454 g/mol. The third kappa shape index (κ3) is 24.4. The molecule has 5 nitrogen and oxygen atoms in total. The van der Waals surface area contributed by atoms with Crippen molar-refractivity contribution in [1.29, 1.82) is 0 Å². The molecule has 0 radical (unpaired) electrons. The zero-order chi connectivity index (χ0) is 22.6. The molecule has 4 saturated heterocycles. The Labute approximate surface area is 201 Å². The van der Waals surface area contributed by atoms with E-state index < -0.39 is 0 Å². The van der Waals surface area contributed by atoms with E-state index in [1.165, 1.54) is 148 Å². The summed E-state index contributed by atoms with van der Waals surface area (Å²) in [5.74, 6) is 0. The molecule has 32 heavy (non-hydrogen) atoms. The lowest BCUT2D eigenvalue weighted by Gasteiger charge is -2.10. The van der Waals surface area contributed by atoms with E-state index in [9.17, 15) is 0 Å². The highest BCUT2D eigenvalue weighted by molar-refractivity contribution is 4.57. The van der Waals surface area contributed by atoms with Crippen LogP contribution in [-0.2, 0) is 4.74 Å². The first kappa shape index (κ1) is 29.8. The van der Waals surface area contributed by atoms with Gasteiger partial charge in [0.1, 0.15) is 0 Å². The fourth-order valence-electron chi connectivity index (χ4n) is 4.06. The molecule has 0 aromatic carbocycles. The largest absolute Gasteiger partial charge is 0.379 e. The number of morpholine rings is 1. The highest BCUT2D eigenvalue weighted by Crippen LogP contribution is 2.15. The molecule has 4 N–H and O–H groups in total. The Bertz CT molecular complexity index is 227. The number of piperidine rings is 1. The first-order chi connectivity index (χ1) is 16.0. The molecular weight excluding hydrogens is 396 g/mol. The minimum absolute atomic E-state index is 0.889. The van der Waals surface area contributed by atoms with Gasteiger partial charge in [-0.2, -0.15) is 0 Å². The van der Waals surface area contributed by atoms with E-state index in [0.717, 1.165) is 26.3 Å². The molecule has 4 heterocycles. The lowest BCUT2D eigenvalue weighted by molar-refractivity contribution is 0.109. The summed E-state index contributed by atoms with van der Waals surface area (Å²) in [4.78, 5) is 0. The van der Waals surface area contributed by atoms with Crippen LogP contribution in [0.4, 0.5) is 0 Å². The van der Waals surface area contributed by atoms with Gasteiger partial charge in [0, 0.05) is 13.1 Å². The van der Waals surface area contributed by atoms with E-state index >= 15 is 0 Å². The maximum absolute atomic E-state index is 5.01. The van der Waals surface area contributed by atoms with Crippen molar-refractivity contribution >= 4 is 0 Å². The van der Waals surface area contributed by atoms with Gasteiger partial charge in [0.05, 0.1) is 13.2 Å². The van der Waals surface area contributed by atoms with E-state index in [0.29, 0.717) is 0 Å². The van der Waals surface area contributed by atoms with E-state index in [1.807, 2.05) is 0 Å². The van der Waals surface area contributed by atoms with Crippen LogP contribution in [0.1, 0.15) is 109 Å². The Morgan fingerprint density at radius 1 is 0.250 bits per heavy atom. The van der Waals surface area contributed by atoms with Gasteiger partial charge in [-0.15, -0.1) is 0 Å². The summed E-state index contributed by atoms with van der Waals surface area (Å²) in [7, 11) is 0. The van der Waals surface area contributed by atoms with Gasteiger partial charge in [-0.05, 0) is 71.4 Å². The third-order valence-electron chi connectivity index (χ3n) is 6.47. The van der Waals surface area contributed by atoms with E-state index in [2.05, 4.69) is 21.3 Å². The van der Waals surface area contributed by atoms with Crippen LogP contribution in [0.5, 0.6) is 0 Å². The Hall–Kier alpha value is -0.200. The molecular formula is C27H58N4O. The van der Waals surface area contributed by atoms with Crippen molar-refractivity contribution in [2.75, 3.05) is 65.6 Å². The zero-order valence-corrected chi connectivity index (χ0v) is 21.5. The number of hydrogen-bond donors (Lipinski definition) is 4. The van der Waals surface area contributed by atoms with Gasteiger partial charge < -0.3 is 26.0 Å². The molecule has 4 aliphatic heterocycles. The lowest BCUT2D eigenvalue weighted by atomic mass is 10.0. The fraction of sp³-hybridized carbons (Fsp3) is 1.00. The molecule has 0 bridgehead atoms. The second-order valence-electron chi connectivity index (χ2n) is 9.62. The maximum atomic E-state index is 5.01. The smallest absolute Gasteiger partial charge is 0.0591 e. The minimum atomic E-state index is 0.889. The van der Waals surface area contributed by atoms with Crippen molar-refractivity contribution in [3.8, 4) is 0 Å². The topological polar surface area (TPSA) is 57.3 Å². The molecule has 0 amide bonds. The standard InChI is InChI=1S/C6H12.C5H11N.C5H10.C4H9NO.C4H9N.C3H7N/c2*1-2-4-6-5-3-1;1-2-4-5-3-1;1-3-6-4-2-5-1;1-2-4-5-3-1;1-2-4-3-1/h1-6H2;6H,1-5H2;1-5H2;5H,1-4H2;5H,1-4H2;4H,1-3H2. The van der Waals surface area contributed by atoms with Gasteiger partial charge in [-0.3, -0.25) is 0 Å². The van der Waals surface area contributed by atoms with E-state index in [4.69, 9.17) is 4.74 Å². The van der Waals surface area contributed by atoms with Crippen LogP contribution >= 0.6 is 0 Å². The molecule has 0 aromatic heterocycles. The number of rotatable bonds is 0. The van der Waals surface area contributed by atoms with E-state index in [1.54, 1.807) is 0 Å². The highest BCUT2D eigenvalue weighted by Gasteiger charge is 1.96. The zero-order valence-electron chi connectivity index (χ0n) is 21.5. The minimum Gasteiger partial charge on any atom is -0.379 e. The van der Waals surface area contributed by atoms with Gasteiger partial charge in [-0.25, -0.2) is 0 Å². The molecule has 2 saturated carbocycles. The first-order valence-corrected chi connectivity index (χ1v) is 14.4. The Kier molecular flexibility index (Phi) is 25.2. The predicted octanol–water partition coefficient (Wildman–Crippen LogP) is 5.01.